The fraction of sp³-hybridized carbons (Fsp3) is 0.353. The van der Waals surface area contributed by atoms with Crippen molar-refractivity contribution < 1.29 is 8.83 Å². The zero-order valence-corrected chi connectivity index (χ0v) is 13.7. The predicted molar refractivity (Wildman–Crippen MR) is 86.6 cm³/mol. The lowest BCUT2D eigenvalue weighted by Crippen LogP contribution is -2.22. The maximum absolute atomic E-state index is 5.47. The van der Waals surface area contributed by atoms with E-state index in [-0.39, 0.29) is 0 Å². The van der Waals surface area contributed by atoms with Crippen molar-refractivity contribution in [3.05, 3.63) is 64.4 Å². The second-order valence-electron chi connectivity index (χ2n) is 5.64. The summed E-state index contributed by atoms with van der Waals surface area (Å²) in [6.45, 7) is 6.60. The molecule has 0 amide bonds. The van der Waals surface area contributed by atoms with Crippen molar-refractivity contribution in [3.8, 4) is 0 Å². The zero-order chi connectivity index (χ0) is 15.4. The highest BCUT2D eigenvalue weighted by Gasteiger charge is 2.14. The van der Waals surface area contributed by atoms with E-state index in [9.17, 15) is 0 Å². The molecule has 0 spiro atoms. The van der Waals surface area contributed by atoms with Gasteiger partial charge in [-0.1, -0.05) is 13.8 Å². The molecular formula is C17H20N2O2S. The smallest absolute Gasteiger partial charge is 0.117 e. The molecule has 22 heavy (non-hydrogen) atoms. The first-order valence-electron chi connectivity index (χ1n) is 7.42. The van der Waals surface area contributed by atoms with Crippen LogP contribution in [0.5, 0.6) is 0 Å². The first kappa shape index (κ1) is 15.1. The summed E-state index contributed by atoms with van der Waals surface area (Å²) in [5, 5.41) is 3.33. The number of thiazole rings is 1. The normalized spacial score (nSPS) is 11.6. The van der Waals surface area contributed by atoms with Gasteiger partial charge in [0.2, 0.25) is 0 Å². The Bertz CT molecular complexity index is 635. The van der Waals surface area contributed by atoms with Gasteiger partial charge in [-0.15, -0.1) is 11.3 Å². The quantitative estimate of drug-likeness (QED) is 0.636. The fourth-order valence-corrected chi connectivity index (χ4v) is 3.13. The molecule has 3 rings (SSSR count). The van der Waals surface area contributed by atoms with Gasteiger partial charge in [0.25, 0.3) is 0 Å². The Morgan fingerprint density at radius 1 is 1.05 bits per heavy atom. The summed E-state index contributed by atoms with van der Waals surface area (Å²) in [5.41, 5.74) is 1.10. The standard InChI is InChI=1S/C17H20N2O2S/c1-13(2)17-18-14(12-22-17)9-19(10-15-5-3-7-20-15)11-16-6-4-8-21-16/h3-8,12-13H,9-11H2,1-2H3. The molecule has 0 saturated carbocycles. The van der Waals surface area contributed by atoms with Crippen LogP contribution < -0.4 is 0 Å². The molecule has 0 fully saturated rings. The number of hydrogen-bond donors (Lipinski definition) is 0. The van der Waals surface area contributed by atoms with Crippen LogP contribution in [0.25, 0.3) is 0 Å². The average Bonchev–Trinajstić information content (AvgIpc) is 3.19. The first-order valence-corrected chi connectivity index (χ1v) is 8.30. The minimum atomic E-state index is 0.474. The van der Waals surface area contributed by atoms with Crippen molar-refractivity contribution in [2.24, 2.45) is 0 Å². The maximum Gasteiger partial charge on any atom is 0.117 e. The van der Waals surface area contributed by atoms with E-state index < -0.39 is 0 Å². The molecule has 0 aromatic carbocycles. The van der Waals surface area contributed by atoms with Crippen LogP contribution in [-0.2, 0) is 19.6 Å². The van der Waals surface area contributed by atoms with Gasteiger partial charge in [0, 0.05) is 17.8 Å². The van der Waals surface area contributed by atoms with E-state index in [0.29, 0.717) is 5.92 Å². The van der Waals surface area contributed by atoms with Crippen molar-refractivity contribution in [1.29, 1.82) is 0 Å². The molecule has 0 radical (unpaired) electrons. The lowest BCUT2D eigenvalue weighted by Gasteiger charge is -2.18. The first-order chi connectivity index (χ1) is 10.7. The topological polar surface area (TPSA) is 42.4 Å². The second kappa shape index (κ2) is 6.94. The van der Waals surface area contributed by atoms with Gasteiger partial charge in [0.1, 0.15) is 11.5 Å². The van der Waals surface area contributed by atoms with Crippen molar-refractivity contribution >= 4 is 11.3 Å². The van der Waals surface area contributed by atoms with Crippen LogP contribution in [0.15, 0.2) is 51.0 Å². The Balaban J connectivity index is 1.71. The van der Waals surface area contributed by atoms with Gasteiger partial charge in [-0.3, -0.25) is 4.90 Å². The number of nitrogens with zero attached hydrogens (tertiary/aromatic N) is 2. The minimum Gasteiger partial charge on any atom is -0.468 e. The van der Waals surface area contributed by atoms with E-state index in [2.05, 4.69) is 24.1 Å². The molecule has 0 aliphatic rings. The summed E-state index contributed by atoms with van der Waals surface area (Å²) in [6, 6.07) is 7.83. The molecule has 0 bridgehead atoms. The second-order valence-corrected chi connectivity index (χ2v) is 6.53. The molecule has 0 unspecified atom stereocenters. The molecule has 5 heteroatoms. The monoisotopic (exact) mass is 316 g/mol. The molecule has 3 aromatic heterocycles. The van der Waals surface area contributed by atoms with Crippen molar-refractivity contribution in [1.82, 2.24) is 9.88 Å². The van der Waals surface area contributed by atoms with Crippen LogP contribution in [0.4, 0.5) is 0 Å². The predicted octanol–water partition coefficient (Wildman–Crippen LogP) is 4.65. The molecule has 0 N–H and O–H groups in total. The third-order valence-electron chi connectivity index (χ3n) is 3.37. The third kappa shape index (κ3) is 3.87. The molecule has 0 saturated heterocycles. The summed E-state index contributed by atoms with van der Waals surface area (Å²) >= 11 is 1.73. The van der Waals surface area contributed by atoms with Crippen LogP contribution in [0, 0.1) is 0 Å². The summed E-state index contributed by atoms with van der Waals surface area (Å²) < 4.78 is 10.9. The largest absolute Gasteiger partial charge is 0.468 e. The van der Waals surface area contributed by atoms with Gasteiger partial charge >= 0.3 is 0 Å². The molecule has 0 aliphatic heterocycles. The fourth-order valence-electron chi connectivity index (χ4n) is 2.30. The summed E-state index contributed by atoms with van der Waals surface area (Å²) in [7, 11) is 0. The van der Waals surface area contributed by atoms with Gasteiger partial charge in [-0.05, 0) is 24.3 Å². The lowest BCUT2D eigenvalue weighted by molar-refractivity contribution is 0.207. The maximum atomic E-state index is 5.47. The molecule has 4 nitrogen and oxygen atoms in total. The number of aromatic nitrogens is 1. The summed E-state index contributed by atoms with van der Waals surface area (Å²) in [5.74, 6) is 2.37. The van der Waals surface area contributed by atoms with Crippen molar-refractivity contribution in [2.45, 2.75) is 39.4 Å². The van der Waals surface area contributed by atoms with Crippen LogP contribution >= 0.6 is 11.3 Å². The van der Waals surface area contributed by atoms with Crippen LogP contribution in [0.3, 0.4) is 0 Å². The number of hydrogen-bond acceptors (Lipinski definition) is 5. The SMILES string of the molecule is CC(C)c1nc(CN(Cc2ccco2)Cc2ccco2)cs1. The summed E-state index contributed by atoms with van der Waals surface area (Å²) in [6.07, 6.45) is 3.42. The molecule has 0 atom stereocenters. The molecule has 116 valence electrons. The Morgan fingerprint density at radius 2 is 1.68 bits per heavy atom. The third-order valence-corrected chi connectivity index (χ3v) is 4.56. The Hall–Kier alpha value is -1.85. The Labute approximate surface area is 134 Å². The average molecular weight is 316 g/mol. The van der Waals surface area contributed by atoms with Crippen LogP contribution in [0.2, 0.25) is 0 Å². The van der Waals surface area contributed by atoms with E-state index in [4.69, 9.17) is 13.8 Å². The van der Waals surface area contributed by atoms with E-state index >= 15 is 0 Å². The van der Waals surface area contributed by atoms with E-state index in [1.54, 1.807) is 23.9 Å². The van der Waals surface area contributed by atoms with E-state index in [1.807, 2.05) is 24.3 Å². The lowest BCUT2D eigenvalue weighted by atomic mass is 10.2. The van der Waals surface area contributed by atoms with Gasteiger partial charge < -0.3 is 8.83 Å². The zero-order valence-electron chi connectivity index (χ0n) is 12.9. The highest BCUT2D eigenvalue weighted by Crippen LogP contribution is 2.21. The van der Waals surface area contributed by atoms with Crippen molar-refractivity contribution in [3.63, 3.8) is 0 Å². The highest BCUT2D eigenvalue weighted by atomic mass is 32.1. The number of rotatable bonds is 7. The van der Waals surface area contributed by atoms with E-state index in [1.165, 1.54) is 5.01 Å². The Morgan fingerprint density at radius 3 is 2.14 bits per heavy atom. The molecule has 0 aliphatic carbocycles. The van der Waals surface area contributed by atoms with Crippen LogP contribution in [0.1, 0.15) is 42.0 Å². The summed E-state index contributed by atoms with van der Waals surface area (Å²) in [4.78, 5) is 7.00. The van der Waals surface area contributed by atoms with Crippen LogP contribution in [-0.4, -0.2) is 9.88 Å². The van der Waals surface area contributed by atoms with E-state index in [0.717, 1.165) is 36.8 Å². The van der Waals surface area contributed by atoms with Gasteiger partial charge in [-0.25, -0.2) is 4.98 Å². The molecular weight excluding hydrogens is 296 g/mol. The van der Waals surface area contributed by atoms with Gasteiger partial charge in [-0.2, -0.15) is 0 Å². The van der Waals surface area contributed by atoms with Gasteiger partial charge in [0.15, 0.2) is 0 Å². The number of furan rings is 2. The molecule has 3 aromatic rings. The van der Waals surface area contributed by atoms with Crippen molar-refractivity contribution in [2.75, 3.05) is 0 Å². The Kier molecular flexibility index (Phi) is 4.75. The van der Waals surface area contributed by atoms with Gasteiger partial charge in [0.05, 0.1) is 36.3 Å². The highest BCUT2D eigenvalue weighted by molar-refractivity contribution is 7.09. The minimum absolute atomic E-state index is 0.474. The molecule has 3 heterocycles.